The van der Waals surface area contributed by atoms with Crippen LogP contribution in [0.2, 0.25) is 0 Å². The SMILES string of the molecule is C(=Nc1cccc2cnccc12)c1cccc(OCc2ccccc2)c1. The Kier molecular flexibility index (Phi) is 4.70. The van der Waals surface area contributed by atoms with Crippen LogP contribution in [0.4, 0.5) is 5.69 Å². The Hall–Kier alpha value is -3.46. The normalized spacial score (nSPS) is 11.1. The maximum Gasteiger partial charge on any atom is 0.120 e. The van der Waals surface area contributed by atoms with Crippen molar-refractivity contribution < 1.29 is 4.74 Å². The molecule has 3 aromatic carbocycles. The van der Waals surface area contributed by atoms with Crippen LogP contribution < -0.4 is 4.74 Å². The van der Waals surface area contributed by atoms with E-state index in [-0.39, 0.29) is 0 Å². The molecule has 0 aliphatic carbocycles. The van der Waals surface area contributed by atoms with Gasteiger partial charge >= 0.3 is 0 Å². The zero-order valence-corrected chi connectivity index (χ0v) is 14.2. The average Bonchev–Trinajstić information content (AvgIpc) is 2.72. The molecule has 0 saturated carbocycles. The summed E-state index contributed by atoms with van der Waals surface area (Å²) in [6.07, 6.45) is 5.51. The molecule has 0 unspecified atom stereocenters. The fraction of sp³-hybridized carbons (Fsp3) is 0.0435. The molecule has 0 spiro atoms. The van der Waals surface area contributed by atoms with E-state index in [1.54, 1.807) is 6.20 Å². The molecule has 3 nitrogen and oxygen atoms in total. The summed E-state index contributed by atoms with van der Waals surface area (Å²) in [5.74, 6) is 0.833. The smallest absolute Gasteiger partial charge is 0.120 e. The summed E-state index contributed by atoms with van der Waals surface area (Å²) in [7, 11) is 0. The molecule has 0 aliphatic heterocycles. The molecule has 26 heavy (non-hydrogen) atoms. The second-order valence-electron chi connectivity index (χ2n) is 5.98. The van der Waals surface area contributed by atoms with Gasteiger partial charge in [0, 0.05) is 29.4 Å². The molecule has 0 amide bonds. The number of aliphatic imine (C=N–C) groups is 1. The first-order chi connectivity index (χ1) is 12.9. The number of hydrogen-bond acceptors (Lipinski definition) is 3. The molecule has 0 aliphatic rings. The van der Waals surface area contributed by atoms with E-state index in [0.717, 1.165) is 33.3 Å². The minimum atomic E-state index is 0.553. The van der Waals surface area contributed by atoms with Gasteiger partial charge in [0.2, 0.25) is 0 Å². The molecule has 4 aromatic rings. The third-order valence-electron chi connectivity index (χ3n) is 4.12. The van der Waals surface area contributed by atoms with E-state index in [4.69, 9.17) is 4.74 Å². The molecular formula is C23H18N2O. The second-order valence-corrected chi connectivity index (χ2v) is 5.98. The molecule has 3 heteroatoms. The zero-order valence-electron chi connectivity index (χ0n) is 14.2. The van der Waals surface area contributed by atoms with E-state index in [1.165, 1.54) is 0 Å². The van der Waals surface area contributed by atoms with E-state index in [2.05, 4.69) is 22.1 Å². The second kappa shape index (κ2) is 7.62. The predicted molar refractivity (Wildman–Crippen MR) is 106 cm³/mol. The van der Waals surface area contributed by atoms with Crippen LogP contribution >= 0.6 is 0 Å². The number of fused-ring (bicyclic) bond motifs is 1. The molecular weight excluding hydrogens is 320 g/mol. The molecule has 0 radical (unpaired) electrons. The highest BCUT2D eigenvalue weighted by Gasteiger charge is 2.00. The van der Waals surface area contributed by atoms with E-state index in [0.29, 0.717) is 6.61 Å². The number of hydrogen-bond donors (Lipinski definition) is 0. The van der Waals surface area contributed by atoms with Gasteiger partial charge in [-0.05, 0) is 35.4 Å². The lowest BCUT2D eigenvalue weighted by atomic mass is 10.1. The standard InChI is InChI=1S/C23H18N2O/c1-2-6-18(7-3-1)17-26-21-10-4-8-19(14-21)15-25-23-11-5-9-20-16-24-13-12-22(20)23/h1-16H,17H2. The van der Waals surface area contributed by atoms with Gasteiger partial charge in [-0.25, -0.2) is 0 Å². The molecule has 0 N–H and O–H groups in total. The van der Waals surface area contributed by atoms with Crippen LogP contribution in [0.1, 0.15) is 11.1 Å². The van der Waals surface area contributed by atoms with Gasteiger partial charge in [0.05, 0.1) is 5.69 Å². The monoisotopic (exact) mass is 338 g/mol. The van der Waals surface area contributed by atoms with Gasteiger partial charge in [0.1, 0.15) is 12.4 Å². The Labute approximate surface area is 152 Å². The van der Waals surface area contributed by atoms with E-state index >= 15 is 0 Å². The van der Waals surface area contributed by atoms with Crippen molar-refractivity contribution in [2.24, 2.45) is 4.99 Å². The summed E-state index contributed by atoms with van der Waals surface area (Å²) < 4.78 is 5.89. The molecule has 0 bridgehead atoms. The lowest BCUT2D eigenvalue weighted by Crippen LogP contribution is -1.95. The van der Waals surface area contributed by atoms with Crippen molar-refractivity contribution in [2.75, 3.05) is 0 Å². The van der Waals surface area contributed by atoms with Crippen LogP contribution in [-0.2, 0) is 6.61 Å². The van der Waals surface area contributed by atoms with Crippen molar-refractivity contribution in [3.63, 3.8) is 0 Å². The Morgan fingerprint density at radius 1 is 0.885 bits per heavy atom. The van der Waals surface area contributed by atoms with Crippen molar-refractivity contribution in [3.05, 3.63) is 102 Å². The highest BCUT2D eigenvalue weighted by molar-refractivity contribution is 5.94. The van der Waals surface area contributed by atoms with Gasteiger partial charge in [0.25, 0.3) is 0 Å². The summed E-state index contributed by atoms with van der Waals surface area (Å²) in [5.41, 5.74) is 3.08. The van der Waals surface area contributed by atoms with Crippen molar-refractivity contribution in [1.82, 2.24) is 4.98 Å². The highest BCUT2D eigenvalue weighted by Crippen LogP contribution is 2.25. The quantitative estimate of drug-likeness (QED) is 0.446. The highest BCUT2D eigenvalue weighted by atomic mass is 16.5. The van der Waals surface area contributed by atoms with Crippen LogP contribution in [0.5, 0.6) is 5.75 Å². The van der Waals surface area contributed by atoms with E-state index < -0.39 is 0 Å². The van der Waals surface area contributed by atoms with Crippen molar-refractivity contribution in [3.8, 4) is 5.75 Å². The van der Waals surface area contributed by atoms with E-state index in [1.807, 2.05) is 79.1 Å². The summed E-state index contributed by atoms with van der Waals surface area (Å²) >= 11 is 0. The maximum absolute atomic E-state index is 5.89. The third kappa shape index (κ3) is 3.78. The minimum absolute atomic E-state index is 0.553. The number of pyridine rings is 1. The summed E-state index contributed by atoms with van der Waals surface area (Å²) in [5, 5.41) is 2.18. The number of ether oxygens (including phenoxy) is 1. The van der Waals surface area contributed by atoms with Crippen molar-refractivity contribution in [1.29, 1.82) is 0 Å². The number of benzene rings is 3. The first-order valence-corrected chi connectivity index (χ1v) is 8.52. The molecule has 0 fully saturated rings. The van der Waals surface area contributed by atoms with Gasteiger partial charge in [-0.1, -0.05) is 54.6 Å². The first-order valence-electron chi connectivity index (χ1n) is 8.52. The van der Waals surface area contributed by atoms with Gasteiger partial charge in [0.15, 0.2) is 0 Å². The first kappa shape index (κ1) is 16.0. The lowest BCUT2D eigenvalue weighted by Gasteiger charge is -2.07. The van der Waals surface area contributed by atoms with Crippen LogP contribution in [0.15, 0.2) is 96.2 Å². The van der Waals surface area contributed by atoms with Crippen LogP contribution in [0.3, 0.4) is 0 Å². The summed E-state index contributed by atoms with van der Waals surface area (Å²) in [6, 6.07) is 26.1. The zero-order chi connectivity index (χ0) is 17.6. The lowest BCUT2D eigenvalue weighted by molar-refractivity contribution is 0.306. The number of rotatable bonds is 5. The number of nitrogens with zero attached hydrogens (tertiary/aromatic N) is 2. The largest absolute Gasteiger partial charge is 0.489 e. The fourth-order valence-electron chi connectivity index (χ4n) is 2.79. The molecule has 0 atom stereocenters. The molecule has 0 saturated heterocycles. The molecule has 126 valence electrons. The van der Waals surface area contributed by atoms with Gasteiger partial charge in [-0.3, -0.25) is 9.98 Å². The van der Waals surface area contributed by atoms with Crippen LogP contribution in [0, 0.1) is 0 Å². The maximum atomic E-state index is 5.89. The Morgan fingerprint density at radius 2 is 1.77 bits per heavy atom. The van der Waals surface area contributed by atoms with E-state index in [9.17, 15) is 0 Å². The summed E-state index contributed by atoms with van der Waals surface area (Å²) in [4.78, 5) is 8.82. The average molecular weight is 338 g/mol. The Morgan fingerprint density at radius 3 is 2.69 bits per heavy atom. The van der Waals surface area contributed by atoms with Crippen LogP contribution in [0.25, 0.3) is 10.8 Å². The Bertz CT molecular complexity index is 1040. The van der Waals surface area contributed by atoms with Crippen molar-refractivity contribution >= 4 is 22.7 Å². The van der Waals surface area contributed by atoms with Gasteiger partial charge < -0.3 is 4.74 Å². The topological polar surface area (TPSA) is 34.5 Å². The van der Waals surface area contributed by atoms with Gasteiger partial charge in [-0.15, -0.1) is 0 Å². The molecule has 4 rings (SSSR count). The van der Waals surface area contributed by atoms with Gasteiger partial charge in [-0.2, -0.15) is 0 Å². The molecule has 1 aromatic heterocycles. The fourth-order valence-corrected chi connectivity index (χ4v) is 2.79. The summed E-state index contributed by atoms with van der Waals surface area (Å²) in [6.45, 7) is 0.553. The third-order valence-corrected chi connectivity index (χ3v) is 4.12. The predicted octanol–water partition coefficient (Wildman–Crippen LogP) is 5.56. The minimum Gasteiger partial charge on any atom is -0.489 e. The van der Waals surface area contributed by atoms with Crippen LogP contribution in [-0.4, -0.2) is 11.2 Å². The molecule has 1 heterocycles. The Balaban J connectivity index is 1.52. The van der Waals surface area contributed by atoms with Crippen molar-refractivity contribution in [2.45, 2.75) is 6.61 Å². The number of aromatic nitrogens is 1.